The van der Waals surface area contributed by atoms with Crippen LogP contribution in [0.5, 0.6) is 0 Å². The molecule has 0 saturated carbocycles. The van der Waals surface area contributed by atoms with E-state index in [4.69, 9.17) is 4.74 Å². The Hall–Kier alpha value is -2.37. The van der Waals surface area contributed by atoms with Gasteiger partial charge in [-0.25, -0.2) is 4.79 Å². The van der Waals surface area contributed by atoms with Crippen molar-refractivity contribution in [3.05, 3.63) is 46.5 Å². The maximum Gasteiger partial charge on any atom is 0.345 e. The summed E-state index contributed by atoms with van der Waals surface area (Å²) in [7, 11) is 0. The van der Waals surface area contributed by atoms with Gasteiger partial charge in [-0.1, -0.05) is 12.2 Å². The van der Waals surface area contributed by atoms with Crippen LogP contribution in [0, 0.1) is 0 Å². The summed E-state index contributed by atoms with van der Waals surface area (Å²) >= 11 is 0. The maximum atomic E-state index is 12.1. The zero-order valence-electron chi connectivity index (χ0n) is 10.9. The summed E-state index contributed by atoms with van der Waals surface area (Å²) in [5, 5.41) is 3.94. The van der Waals surface area contributed by atoms with E-state index in [0.717, 1.165) is 5.57 Å². The molecule has 0 aliphatic carbocycles. The highest BCUT2D eigenvalue weighted by Gasteiger charge is 2.16. The molecule has 0 unspecified atom stereocenters. The van der Waals surface area contributed by atoms with Crippen LogP contribution in [0.3, 0.4) is 0 Å². The average molecular weight is 261 g/mol. The molecule has 19 heavy (non-hydrogen) atoms. The fourth-order valence-corrected chi connectivity index (χ4v) is 1.83. The van der Waals surface area contributed by atoms with Gasteiger partial charge < -0.3 is 9.30 Å². The Kier molecular flexibility index (Phi) is 3.50. The van der Waals surface area contributed by atoms with Crippen LogP contribution in [-0.2, 0) is 11.3 Å². The minimum absolute atomic E-state index is 0.0284. The van der Waals surface area contributed by atoms with Crippen LogP contribution in [0.1, 0.15) is 24.2 Å². The van der Waals surface area contributed by atoms with Crippen LogP contribution in [0.25, 0.3) is 5.65 Å². The smallest absolute Gasteiger partial charge is 0.345 e. The number of ether oxygens (including phenoxy) is 1. The quantitative estimate of drug-likeness (QED) is 0.613. The van der Waals surface area contributed by atoms with Crippen LogP contribution in [0.15, 0.2) is 35.4 Å². The first-order valence-electron chi connectivity index (χ1n) is 5.93. The Balaban J connectivity index is 2.65. The standard InChI is InChI=1S/C13H15N3O3/c1-4-19-13(18)10-8-15(7-9(2)3)11-5-6-14-16(11)12(10)17/h5-6,8H,2,4,7H2,1,3H3. The van der Waals surface area contributed by atoms with E-state index in [2.05, 4.69) is 11.7 Å². The summed E-state index contributed by atoms with van der Waals surface area (Å²) < 4.78 is 7.82. The van der Waals surface area contributed by atoms with Gasteiger partial charge in [-0.3, -0.25) is 4.79 Å². The Labute approximate surface area is 109 Å². The zero-order chi connectivity index (χ0) is 14.0. The van der Waals surface area contributed by atoms with Crippen LogP contribution < -0.4 is 5.56 Å². The van der Waals surface area contributed by atoms with Gasteiger partial charge in [0.2, 0.25) is 0 Å². The average Bonchev–Trinajstić information content (AvgIpc) is 2.82. The largest absolute Gasteiger partial charge is 0.462 e. The highest BCUT2D eigenvalue weighted by molar-refractivity contribution is 5.88. The summed E-state index contributed by atoms with van der Waals surface area (Å²) in [5.74, 6) is -0.639. The first kappa shape index (κ1) is 13.1. The highest BCUT2D eigenvalue weighted by Crippen LogP contribution is 2.06. The molecule has 0 spiro atoms. The monoisotopic (exact) mass is 261 g/mol. The van der Waals surface area contributed by atoms with Crippen molar-refractivity contribution in [2.24, 2.45) is 0 Å². The van der Waals surface area contributed by atoms with Crippen molar-refractivity contribution in [1.29, 1.82) is 0 Å². The summed E-state index contributed by atoms with van der Waals surface area (Å²) in [4.78, 5) is 23.9. The second-order valence-electron chi connectivity index (χ2n) is 4.25. The Morgan fingerprint density at radius 3 is 2.89 bits per heavy atom. The molecule has 100 valence electrons. The topological polar surface area (TPSA) is 65.6 Å². The van der Waals surface area contributed by atoms with E-state index in [-0.39, 0.29) is 12.2 Å². The van der Waals surface area contributed by atoms with E-state index in [9.17, 15) is 9.59 Å². The van der Waals surface area contributed by atoms with Crippen molar-refractivity contribution in [2.45, 2.75) is 20.4 Å². The number of hydrogen-bond acceptors (Lipinski definition) is 4. The number of allylic oxidation sites excluding steroid dienone is 1. The minimum atomic E-state index is -0.639. The molecule has 6 nitrogen and oxygen atoms in total. The minimum Gasteiger partial charge on any atom is -0.462 e. The molecule has 2 rings (SSSR count). The first-order chi connectivity index (χ1) is 9.04. The van der Waals surface area contributed by atoms with Gasteiger partial charge in [0.15, 0.2) is 0 Å². The number of rotatable bonds is 4. The van der Waals surface area contributed by atoms with Gasteiger partial charge in [0.1, 0.15) is 11.2 Å². The Bertz CT molecular complexity index is 697. The molecular weight excluding hydrogens is 246 g/mol. The molecule has 0 N–H and O–H groups in total. The molecule has 0 aliphatic rings. The Morgan fingerprint density at radius 2 is 2.26 bits per heavy atom. The molecule has 0 atom stereocenters. The normalized spacial score (nSPS) is 10.6. The van der Waals surface area contributed by atoms with Gasteiger partial charge in [0.05, 0.1) is 12.8 Å². The second kappa shape index (κ2) is 5.09. The number of esters is 1. The van der Waals surface area contributed by atoms with Crippen LogP contribution in [0.2, 0.25) is 0 Å². The van der Waals surface area contributed by atoms with E-state index in [1.165, 1.54) is 16.9 Å². The Morgan fingerprint density at radius 1 is 1.53 bits per heavy atom. The first-order valence-corrected chi connectivity index (χ1v) is 5.93. The summed E-state index contributed by atoms with van der Waals surface area (Å²) in [5.41, 5.74) is 1.01. The molecule has 2 aromatic heterocycles. The fourth-order valence-electron chi connectivity index (χ4n) is 1.83. The van der Waals surface area contributed by atoms with Crippen molar-refractivity contribution in [2.75, 3.05) is 6.61 Å². The third kappa shape index (κ3) is 2.42. The van der Waals surface area contributed by atoms with Crippen molar-refractivity contribution in [3.8, 4) is 0 Å². The highest BCUT2D eigenvalue weighted by atomic mass is 16.5. The second-order valence-corrected chi connectivity index (χ2v) is 4.25. The lowest BCUT2D eigenvalue weighted by Gasteiger charge is -2.10. The molecule has 2 heterocycles. The molecule has 0 aliphatic heterocycles. The van der Waals surface area contributed by atoms with E-state index >= 15 is 0 Å². The molecule has 0 aromatic carbocycles. The third-order valence-corrected chi connectivity index (χ3v) is 2.56. The third-order valence-electron chi connectivity index (χ3n) is 2.56. The van der Waals surface area contributed by atoms with Gasteiger partial charge in [-0.15, -0.1) is 0 Å². The summed E-state index contributed by atoms with van der Waals surface area (Å²) in [6.45, 7) is 8.11. The van der Waals surface area contributed by atoms with E-state index in [1.54, 1.807) is 17.6 Å². The van der Waals surface area contributed by atoms with E-state index in [0.29, 0.717) is 12.2 Å². The van der Waals surface area contributed by atoms with Crippen molar-refractivity contribution in [1.82, 2.24) is 14.2 Å². The summed E-state index contributed by atoms with van der Waals surface area (Å²) in [6, 6.07) is 1.71. The number of carbonyl (C=O) groups is 1. The zero-order valence-corrected chi connectivity index (χ0v) is 10.9. The predicted molar refractivity (Wildman–Crippen MR) is 70.2 cm³/mol. The lowest BCUT2D eigenvalue weighted by molar-refractivity contribution is 0.0523. The van der Waals surface area contributed by atoms with Crippen LogP contribution in [-0.4, -0.2) is 26.8 Å². The molecule has 2 aromatic rings. The maximum absolute atomic E-state index is 12.1. The van der Waals surface area contributed by atoms with Gasteiger partial charge in [0, 0.05) is 18.8 Å². The van der Waals surface area contributed by atoms with Crippen molar-refractivity contribution in [3.63, 3.8) is 0 Å². The van der Waals surface area contributed by atoms with Crippen molar-refractivity contribution < 1.29 is 9.53 Å². The lowest BCUT2D eigenvalue weighted by Crippen LogP contribution is -2.27. The number of fused-ring (bicyclic) bond motifs is 1. The van der Waals surface area contributed by atoms with Gasteiger partial charge in [0.25, 0.3) is 5.56 Å². The molecule has 0 bridgehead atoms. The number of carbonyl (C=O) groups excluding carboxylic acids is 1. The van der Waals surface area contributed by atoms with Gasteiger partial charge >= 0.3 is 5.97 Å². The molecule has 6 heteroatoms. The number of hydrogen-bond donors (Lipinski definition) is 0. The van der Waals surface area contributed by atoms with Crippen LogP contribution >= 0.6 is 0 Å². The lowest BCUT2D eigenvalue weighted by atomic mass is 10.3. The molecular formula is C13H15N3O3. The van der Waals surface area contributed by atoms with E-state index < -0.39 is 11.5 Å². The molecule has 0 radical (unpaired) electrons. The van der Waals surface area contributed by atoms with Crippen molar-refractivity contribution >= 4 is 11.6 Å². The predicted octanol–water partition coefficient (Wildman–Crippen LogP) is 1.25. The van der Waals surface area contributed by atoms with Gasteiger partial charge in [-0.05, 0) is 13.8 Å². The van der Waals surface area contributed by atoms with Crippen LogP contribution in [0.4, 0.5) is 0 Å². The molecule has 0 amide bonds. The summed E-state index contributed by atoms with van der Waals surface area (Å²) in [6.07, 6.45) is 3.01. The van der Waals surface area contributed by atoms with Gasteiger partial charge in [-0.2, -0.15) is 9.61 Å². The molecule has 0 saturated heterocycles. The number of aromatic nitrogens is 3. The SMILES string of the molecule is C=C(C)Cn1cc(C(=O)OCC)c(=O)n2nccc12. The van der Waals surface area contributed by atoms with E-state index in [1.807, 2.05) is 6.92 Å². The fraction of sp³-hybridized carbons (Fsp3) is 0.308. The number of nitrogens with zero attached hydrogens (tertiary/aromatic N) is 3. The molecule has 0 fully saturated rings.